The smallest absolute Gasteiger partial charge is 0.315 e. The van der Waals surface area contributed by atoms with E-state index in [0.717, 1.165) is 19.5 Å². The van der Waals surface area contributed by atoms with Crippen molar-refractivity contribution in [2.75, 3.05) is 20.1 Å². The molecule has 1 aliphatic heterocycles. The summed E-state index contributed by atoms with van der Waals surface area (Å²) in [7, 11) is 2.09. The van der Waals surface area contributed by atoms with Crippen LogP contribution in [0.25, 0.3) is 0 Å². The standard InChI is InChI=1S/C14H27N3O3/c1-10-9-17(3)8-7-12(10)16-14(20)15-11(2)5-4-6-13(18)19/h10-12H,4-9H2,1-3H3,(H,18,19)(H2,15,16,20). The maximum atomic E-state index is 11.9. The predicted octanol–water partition coefficient (Wildman–Crippen LogP) is 1.27. The number of amides is 2. The van der Waals surface area contributed by atoms with Gasteiger partial charge in [0.05, 0.1) is 0 Å². The van der Waals surface area contributed by atoms with Crippen molar-refractivity contribution in [3.63, 3.8) is 0 Å². The van der Waals surface area contributed by atoms with Gasteiger partial charge in [0.25, 0.3) is 0 Å². The van der Waals surface area contributed by atoms with Crippen LogP contribution in [0.2, 0.25) is 0 Å². The lowest BCUT2D eigenvalue weighted by Gasteiger charge is -2.35. The number of hydrogen-bond acceptors (Lipinski definition) is 3. The number of hydrogen-bond donors (Lipinski definition) is 3. The topological polar surface area (TPSA) is 81.7 Å². The molecule has 0 aromatic heterocycles. The maximum absolute atomic E-state index is 11.9. The molecule has 1 aliphatic rings. The molecule has 3 unspecified atom stereocenters. The van der Waals surface area contributed by atoms with Gasteiger partial charge >= 0.3 is 12.0 Å². The zero-order chi connectivity index (χ0) is 15.1. The molecule has 2 amide bonds. The lowest BCUT2D eigenvalue weighted by Crippen LogP contribution is -2.52. The molecule has 0 bridgehead atoms. The third-order valence-corrected chi connectivity index (χ3v) is 3.83. The second kappa shape index (κ2) is 8.09. The molecule has 1 heterocycles. The monoisotopic (exact) mass is 285 g/mol. The van der Waals surface area contributed by atoms with E-state index in [1.54, 1.807) is 0 Å². The van der Waals surface area contributed by atoms with Crippen LogP contribution in [0, 0.1) is 5.92 Å². The Hall–Kier alpha value is -1.30. The molecule has 0 aromatic rings. The molecule has 0 aliphatic carbocycles. The minimum atomic E-state index is -0.790. The Morgan fingerprint density at radius 1 is 1.45 bits per heavy atom. The molecule has 3 atom stereocenters. The molecule has 6 heteroatoms. The van der Waals surface area contributed by atoms with Crippen LogP contribution in [-0.2, 0) is 4.79 Å². The van der Waals surface area contributed by atoms with E-state index in [9.17, 15) is 9.59 Å². The van der Waals surface area contributed by atoms with Crippen molar-refractivity contribution in [1.82, 2.24) is 15.5 Å². The molecule has 0 saturated carbocycles. The predicted molar refractivity (Wildman–Crippen MR) is 77.7 cm³/mol. The van der Waals surface area contributed by atoms with Gasteiger partial charge in [-0.1, -0.05) is 6.92 Å². The van der Waals surface area contributed by atoms with Crippen molar-refractivity contribution in [2.45, 2.75) is 51.6 Å². The third kappa shape index (κ3) is 6.23. The number of likely N-dealkylation sites (tertiary alicyclic amines) is 1. The van der Waals surface area contributed by atoms with Crippen LogP contribution >= 0.6 is 0 Å². The molecule has 20 heavy (non-hydrogen) atoms. The molecular formula is C14H27N3O3. The Kier molecular flexibility index (Phi) is 6.78. The molecule has 0 spiro atoms. The van der Waals surface area contributed by atoms with Crippen LogP contribution in [0.1, 0.15) is 39.5 Å². The summed E-state index contributed by atoms with van der Waals surface area (Å²) in [6.45, 7) is 6.05. The summed E-state index contributed by atoms with van der Waals surface area (Å²) >= 11 is 0. The Bertz CT molecular complexity index is 336. The molecule has 6 nitrogen and oxygen atoms in total. The number of urea groups is 1. The first kappa shape index (κ1) is 16.8. The molecule has 1 saturated heterocycles. The Balaban J connectivity index is 2.23. The second-order valence-electron chi connectivity index (χ2n) is 5.94. The van der Waals surface area contributed by atoms with Crippen LogP contribution in [0.4, 0.5) is 4.79 Å². The van der Waals surface area contributed by atoms with Crippen molar-refractivity contribution in [1.29, 1.82) is 0 Å². The fourth-order valence-corrected chi connectivity index (χ4v) is 2.63. The summed E-state index contributed by atoms with van der Waals surface area (Å²) in [5.74, 6) is -0.344. The first-order chi connectivity index (χ1) is 9.38. The fourth-order valence-electron chi connectivity index (χ4n) is 2.63. The SMILES string of the molecule is CC(CCCC(=O)O)NC(=O)NC1CCN(C)CC1C. The van der Waals surface area contributed by atoms with Crippen molar-refractivity contribution >= 4 is 12.0 Å². The van der Waals surface area contributed by atoms with Crippen LogP contribution in [-0.4, -0.2) is 54.2 Å². The molecule has 1 rings (SSSR count). The summed E-state index contributed by atoms with van der Waals surface area (Å²) in [6, 6.07) is 0.0718. The zero-order valence-electron chi connectivity index (χ0n) is 12.7. The molecule has 116 valence electrons. The van der Waals surface area contributed by atoms with E-state index in [2.05, 4.69) is 29.5 Å². The Morgan fingerprint density at radius 2 is 2.15 bits per heavy atom. The normalized spacial score (nSPS) is 24.9. The number of nitrogens with one attached hydrogen (secondary N) is 2. The summed E-state index contributed by atoms with van der Waals surface area (Å²) in [4.78, 5) is 24.6. The quantitative estimate of drug-likeness (QED) is 0.686. The summed E-state index contributed by atoms with van der Waals surface area (Å²) in [6.07, 6.45) is 2.39. The highest BCUT2D eigenvalue weighted by molar-refractivity contribution is 5.74. The number of aliphatic carboxylic acids is 1. The zero-order valence-corrected chi connectivity index (χ0v) is 12.7. The number of carbonyl (C=O) groups is 2. The van der Waals surface area contributed by atoms with Gasteiger partial charge in [0.1, 0.15) is 0 Å². The average molecular weight is 285 g/mol. The van der Waals surface area contributed by atoms with E-state index in [1.807, 2.05) is 6.92 Å². The Morgan fingerprint density at radius 3 is 2.75 bits per heavy atom. The van der Waals surface area contributed by atoms with Gasteiger partial charge in [-0.05, 0) is 45.7 Å². The lowest BCUT2D eigenvalue weighted by molar-refractivity contribution is -0.137. The van der Waals surface area contributed by atoms with Crippen LogP contribution in [0.15, 0.2) is 0 Å². The first-order valence-electron chi connectivity index (χ1n) is 7.36. The van der Waals surface area contributed by atoms with Crippen molar-refractivity contribution < 1.29 is 14.7 Å². The van der Waals surface area contributed by atoms with Gasteiger partial charge in [0, 0.05) is 25.0 Å². The minimum Gasteiger partial charge on any atom is -0.481 e. The van der Waals surface area contributed by atoms with E-state index < -0.39 is 5.97 Å². The molecule has 0 aromatic carbocycles. The first-order valence-corrected chi connectivity index (χ1v) is 7.36. The van der Waals surface area contributed by atoms with E-state index in [4.69, 9.17) is 5.11 Å². The van der Waals surface area contributed by atoms with Gasteiger partial charge in [0.15, 0.2) is 0 Å². The van der Waals surface area contributed by atoms with Gasteiger partial charge in [-0.2, -0.15) is 0 Å². The highest BCUT2D eigenvalue weighted by Gasteiger charge is 2.25. The maximum Gasteiger partial charge on any atom is 0.315 e. The van der Waals surface area contributed by atoms with E-state index in [-0.39, 0.29) is 24.5 Å². The van der Waals surface area contributed by atoms with Crippen LogP contribution in [0.5, 0.6) is 0 Å². The molecular weight excluding hydrogens is 258 g/mol. The number of carboxylic acids is 1. The van der Waals surface area contributed by atoms with Gasteiger partial charge in [-0.3, -0.25) is 4.79 Å². The molecule has 0 radical (unpaired) electrons. The van der Waals surface area contributed by atoms with Crippen LogP contribution < -0.4 is 10.6 Å². The van der Waals surface area contributed by atoms with Crippen molar-refractivity contribution in [2.24, 2.45) is 5.92 Å². The number of piperidine rings is 1. The lowest BCUT2D eigenvalue weighted by atomic mass is 9.94. The largest absolute Gasteiger partial charge is 0.481 e. The number of carboxylic acid groups (broad SMARTS) is 1. The summed E-state index contributed by atoms with van der Waals surface area (Å²) in [5.41, 5.74) is 0. The molecule has 1 fully saturated rings. The number of nitrogens with zero attached hydrogens (tertiary/aromatic N) is 1. The van der Waals surface area contributed by atoms with Gasteiger partial charge in [-0.25, -0.2) is 4.79 Å². The van der Waals surface area contributed by atoms with Crippen molar-refractivity contribution in [3.8, 4) is 0 Å². The third-order valence-electron chi connectivity index (χ3n) is 3.83. The van der Waals surface area contributed by atoms with Gasteiger partial charge in [0.2, 0.25) is 0 Å². The van der Waals surface area contributed by atoms with Crippen molar-refractivity contribution in [3.05, 3.63) is 0 Å². The Labute approximate surface area is 120 Å². The second-order valence-corrected chi connectivity index (χ2v) is 5.94. The highest BCUT2D eigenvalue weighted by Crippen LogP contribution is 2.15. The van der Waals surface area contributed by atoms with E-state index >= 15 is 0 Å². The average Bonchev–Trinajstić information content (AvgIpc) is 2.32. The highest BCUT2D eigenvalue weighted by atomic mass is 16.4. The minimum absolute atomic E-state index is 0.00378. The van der Waals surface area contributed by atoms with E-state index in [1.165, 1.54) is 0 Å². The van der Waals surface area contributed by atoms with Crippen LogP contribution in [0.3, 0.4) is 0 Å². The van der Waals surface area contributed by atoms with E-state index in [0.29, 0.717) is 18.8 Å². The molecule has 3 N–H and O–H groups in total. The number of carbonyl (C=O) groups excluding carboxylic acids is 1. The van der Waals surface area contributed by atoms with Gasteiger partial charge in [-0.15, -0.1) is 0 Å². The fraction of sp³-hybridized carbons (Fsp3) is 0.857. The van der Waals surface area contributed by atoms with Gasteiger partial charge < -0.3 is 20.6 Å². The summed E-state index contributed by atoms with van der Waals surface area (Å²) < 4.78 is 0. The summed E-state index contributed by atoms with van der Waals surface area (Å²) in [5, 5.41) is 14.5. The number of rotatable bonds is 6.